The van der Waals surface area contributed by atoms with Crippen molar-refractivity contribution < 1.29 is 4.79 Å². The lowest BCUT2D eigenvalue weighted by Crippen LogP contribution is -2.28. The average Bonchev–Trinajstić information content (AvgIpc) is 3.24. The molecule has 4 rings (SSSR count). The molecule has 0 aliphatic carbocycles. The van der Waals surface area contributed by atoms with E-state index in [0.29, 0.717) is 18.7 Å². The number of nitrogens with zero attached hydrogens (tertiary/aromatic N) is 3. The van der Waals surface area contributed by atoms with E-state index in [9.17, 15) is 4.79 Å². The van der Waals surface area contributed by atoms with Crippen LogP contribution < -0.4 is 16.4 Å². The lowest BCUT2D eigenvalue weighted by Gasteiger charge is -2.08. The van der Waals surface area contributed by atoms with Crippen LogP contribution in [0.25, 0.3) is 16.9 Å². The largest absolute Gasteiger partial charge is 0.369 e. The molecule has 0 spiro atoms. The summed E-state index contributed by atoms with van der Waals surface area (Å²) in [6, 6.07) is 21.8. The second-order valence-corrected chi connectivity index (χ2v) is 7.27. The summed E-state index contributed by atoms with van der Waals surface area (Å²) in [6.07, 6.45) is 3.84. The van der Waals surface area contributed by atoms with Gasteiger partial charge in [0.25, 0.3) is 5.91 Å². The van der Waals surface area contributed by atoms with Gasteiger partial charge in [0, 0.05) is 30.8 Å². The third kappa shape index (κ3) is 5.07. The number of aromatic nitrogens is 3. The number of carbonyl (C=O) groups excluding carboxylic acids is 1. The molecule has 0 unspecified atom stereocenters. The Morgan fingerprint density at radius 2 is 1.77 bits per heavy atom. The van der Waals surface area contributed by atoms with Gasteiger partial charge < -0.3 is 16.4 Å². The Balaban J connectivity index is 1.43. The molecule has 2 aromatic carbocycles. The van der Waals surface area contributed by atoms with Crippen LogP contribution in [0.1, 0.15) is 22.3 Å². The number of hydrogen-bond acceptors (Lipinski definition) is 5. The lowest BCUT2D eigenvalue weighted by molar-refractivity contribution is 0.0955. The highest BCUT2D eigenvalue weighted by Crippen LogP contribution is 2.21. The summed E-state index contributed by atoms with van der Waals surface area (Å²) in [5.74, 6) is 0.674. The molecule has 0 saturated carbocycles. The van der Waals surface area contributed by atoms with E-state index in [1.165, 1.54) is 5.56 Å². The van der Waals surface area contributed by atoms with Crippen LogP contribution in [0.2, 0.25) is 0 Å². The summed E-state index contributed by atoms with van der Waals surface area (Å²) >= 11 is 0. The molecule has 4 N–H and O–H groups in total. The van der Waals surface area contributed by atoms with Gasteiger partial charge in [-0.05, 0) is 42.7 Å². The molecule has 7 nitrogen and oxygen atoms in total. The Morgan fingerprint density at radius 3 is 2.55 bits per heavy atom. The maximum atomic E-state index is 12.1. The fourth-order valence-electron chi connectivity index (χ4n) is 3.40. The Bertz CT molecular complexity index is 1140. The summed E-state index contributed by atoms with van der Waals surface area (Å²) < 4.78 is 1.82. The first-order chi connectivity index (χ1) is 15.2. The van der Waals surface area contributed by atoms with Gasteiger partial charge in [-0.15, -0.1) is 5.10 Å². The summed E-state index contributed by atoms with van der Waals surface area (Å²) in [7, 11) is 0. The van der Waals surface area contributed by atoms with Gasteiger partial charge in [-0.1, -0.05) is 42.5 Å². The molecule has 0 fully saturated rings. The van der Waals surface area contributed by atoms with Crippen LogP contribution in [-0.2, 0) is 6.42 Å². The molecule has 2 heterocycles. The SMILES string of the molecule is NCCNC(=O)c1ccc(-c2cnc3ccc(NCCCc4ccccc4)nn23)cc1. The third-order valence-electron chi connectivity index (χ3n) is 5.03. The van der Waals surface area contributed by atoms with Crippen molar-refractivity contribution in [2.24, 2.45) is 5.73 Å². The number of hydrogen-bond donors (Lipinski definition) is 3. The van der Waals surface area contributed by atoms with Crippen LogP contribution in [0, 0.1) is 0 Å². The quantitative estimate of drug-likeness (QED) is 0.366. The monoisotopic (exact) mass is 414 g/mol. The molecule has 0 aliphatic rings. The van der Waals surface area contributed by atoms with Crippen molar-refractivity contribution in [1.29, 1.82) is 0 Å². The van der Waals surface area contributed by atoms with Gasteiger partial charge in [-0.2, -0.15) is 0 Å². The zero-order chi connectivity index (χ0) is 21.5. The van der Waals surface area contributed by atoms with Crippen LogP contribution in [0.5, 0.6) is 0 Å². The number of fused-ring (bicyclic) bond motifs is 1. The molecule has 0 atom stereocenters. The molecular formula is C24H26N6O. The molecule has 0 saturated heterocycles. The smallest absolute Gasteiger partial charge is 0.251 e. The second-order valence-electron chi connectivity index (χ2n) is 7.27. The standard InChI is InChI=1S/C24H26N6O/c25-14-16-27-24(31)20-10-8-19(9-11-20)21-17-28-23-13-12-22(29-30(21)23)26-15-4-7-18-5-2-1-3-6-18/h1-3,5-6,8-13,17H,4,7,14-16,25H2,(H,26,29)(H,27,31). The lowest BCUT2D eigenvalue weighted by atomic mass is 10.1. The van der Waals surface area contributed by atoms with Gasteiger partial charge >= 0.3 is 0 Å². The number of carbonyl (C=O) groups is 1. The van der Waals surface area contributed by atoms with Gasteiger partial charge in [-0.25, -0.2) is 9.50 Å². The van der Waals surface area contributed by atoms with Crippen molar-refractivity contribution >= 4 is 17.4 Å². The first-order valence-corrected chi connectivity index (χ1v) is 10.5. The Kier molecular flexibility index (Phi) is 6.54. The molecule has 0 radical (unpaired) electrons. The molecule has 2 aromatic heterocycles. The van der Waals surface area contributed by atoms with Crippen molar-refractivity contribution in [1.82, 2.24) is 19.9 Å². The van der Waals surface area contributed by atoms with E-state index in [1.807, 2.05) is 34.8 Å². The molecule has 7 heteroatoms. The van der Waals surface area contributed by atoms with Crippen molar-refractivity contribution in [2.75, 3.05) is 25.0 Å². The summed E-state index contributed by atoms with van der Waals surface area (Å²) in [5, 5.41) is 10.9. The number of benzene rings is 2. The fourth-order valence-corrected chi connectivity index (χ4v) is 3.40. The van der Waals surface area contributed by atoms with E-state index in [4.69, 9.17) is 10.8 Å². The van der Waals surface area contributed by atoms with E-state index in [0.717, 1.165) is 42.1 Å². The predicted molar refractivity (Wildman–Crippen MR) is 123 cm³/mol. The van der Waals surface area contributed by atoms with Crippen LogP contribution >= 0.6 is 0 Å². The second kappa shape index (κ2) is 9.86. The van der Waals surface area contributed by atoms with Crippen molar-refractivity contribution in [2.45, 2.75) is 12.8 Å². The van der Waals surface area contributed by atoms with Gasteiger partial charge in [0.1, 0.15) is 5.82 Å². The van der Waals surface area contributed by atoms with Crippen LogP contribution in [-0.4, -0.2) is 40.1 Å². The number of nitrogens with one attached hydrogen (secondary N) is 2. The molecule has 158 valence electrons. The zero-order valence-corrected chi connectivity index (χ0v) is 17.3. The minimum absolute atomic E-state index is 0.129. The minimum Gasteiger partial charge on any atom is -0.369 e. The third-order valence-corrected chi connectivity index (χ3v) is 5.03. The molecular weight excluding hydrogens is 388 g/mol. The Labute approximate surface area is 181 Å². The highest BCUT2D eigenvalue weighted by atomic mass is 16.1. The predicted octanol–water partition coefficient (Wildman–Crippen LogP) is 3.13. The molecule has 0 bridgehead atoms. The Morgan fingerprint density at radius 1 is 0.968 bits per heavy atom. The maximum Gasteiger partial charge on any atom is 0.251 e. The number of imidazole rings is 1. The number of amides is 1. The highest BCUT2D eigenvalue weighted by molar-refractivity contribution is 5.94. The molecule has 4 aromatic rings. The first-order valence-electron chi connectivity index (χ1n) is 10.5. The highest BCUT2D eigenvalue weighted by Gasteiger charge is 2.10. The normalized spacial score (nSPS) is 10.9. The fraction of sp³-hybridized carbons (Fsp3) is 0.208. The van der Waals surface area contributed by atoms with E-state index in [2.05, 4.69) is 39.9 Å². The van der Waals surface area contributed by atoms with Gasteiger partial charge in [0.05, 0.1) is 11.9 Å². The van der Waals surface area contributed by atoms with Crippen LogP contribution in [0.15, 0.2) is 72.9 Å². The minimum atomic E-state index is -0.129. The van der Waals surface area contributed by atoms with Crippen LogP contribution in [0.3, 0.4) is 0 Å². The Hall–Kier alpha value is -3.71. The number of rotatable bonds is 9. The van der Waals surface area contributed by atoms with E-state index in [1.54, 1.807) is 18.3 Å². The van der Waals surface area contributed by atoms with E-state index >= 15 is 0 Å². The maximum absolute atomic E-state index is 12.1. The number of aryl methyl sites for hydroxylation is 1. The molecule has 31 heavy (non-hydrogen) atoms. The van der Waals surface area contributed by atoms with Crippen molar-refractivity contribution in [3.8, 4) is 11.3 Å². The van der Waals surface area contributed by atoms with Gasteiger partial charge in [-0.3, -0.25) is 4.79 Å². The van der Waals surface area contributed by atoms with Crippen LogP contribution in [0.4, 0.5) is 5.82 Å². The average molecular weight is 415 g/mol. The number of anilines is 1. The van der Waals surface area contributed by atoms with E-state index < -0.39 is 0 Å². The van der Waals surface area contributed by atoms with Crippen molar-refractivity contribution in [3.05, 3.63) is 84.1 Å². The first kappa shape index (κ1) is 20.6. The summed E-state index contributed by atoms with van der Waals surface area (Å²) in [6.45, 7) is 1.71. The topological polar surface area (TPSA) is 97.3 Å². The zero-order valence-electron chi connectivity index (χ0n) is 17.3. The van der Waals surface area contributed by atoms with Crippen molar-refractivity contribution in [3.63, 3.8) is 0 Å². The summed E-state index contributed by atoms with van der Waals surface area (Å²) in [4.78, 5) is 16.5. The van der Waals surface area contributed by atoms with Gasteiger partial charge in [0.15, 0.2) is 5.65 Å². The summed E-state index contributed by atoms with van der Waals surface area (Å²) in [5.41, 5.74) is 9.96. The van der Waals surface area contributed by atoms with E-state index in [-0.39, 0.29) is 5.91 Å². The number of nitrogens with two attached hydrogens (primary N) is 1. The molecule has 1 amide bonds. The van der Waals surface area contributed by atoms with Gasteiger partial charge in [0.2, 0.25) is 0 Å². The molecule has 0 aliphatic heterocycles.